The summed E-state index contributed by atoms with van der Waals surface area (Å²) < 4.78 is 13.7. The second-order valence-corrected chi connectivity index (χ2v) is 5.48. The SMILES string of the molecule is CCC(NCCCCCSC)c1ccccc1F. The summed E-state index contributed by atoms with van der Waals surface area (Å²) in [5.41, 5.74) is 0.795. The van der Waals surface area contributed by atoms with Crippen LogP contribution in [0, 0.1) is 5.82 Å². The van der Waals surface area contributed by atoms with Gasteiger partial charge in [-0.3, -0.25) is 0 Å². The molecule has 1 rings (SSSR count). The number of nitrogens with one attached hydrogen (secondary N) is 1. The summed E-state index contributed by atoms with van der Waals surface area (Å²) in [6.45, 7) is 3.07. The maximum atomic E-state index is 13.7. The molecular weight excluding hydrogens is 245 g/mol. The third-order valence-corrected chi connectivity index (χ3v) is 3.80. The number of unbranched alkanes of at least 4 members (excludes halogenated alkanes) is 2. The van der Waals surface area contributed by atoms with Crippen molar-refractivity contribution in [2.24, 2.45) is 0 Å². The van der Waals surface area contributed by atoms with E-state index < -0.39 is 0 Å². The molecular formula is C15H24FNS. The molecule has 102 valence electrons. The average molecular weight is 269 g/mol. The number of halogens is 1. The van der Waals surface area contributed by atoms with Crippen LogP contribution in [0.5, 0.6) is 0 Å². The van der Waals surface area contributed by atoms with E-state index in [-0.39, 0.29) is 11.9 Å². The lowest BCUT2D eigenvalue weighted by Crippen LogP contribution is -2.22. The summed E-state index contributed by atoms with van der Waals surface area (Å²) in [4.78, 5) is 0. The highest BCUT2D eigenvalue weighted by Crippen LogP contribution is 2.19. The number of hydrogen-bond donors (Lipinski definition) is 1. The van der Waals surface area contributed by atoms with E-state index in [4.69, 9.17) is 0 Å². The van der Waals surface area contributed by atoms with Gasteiger partial charge in [0.15, 0.2) is 0 Å². The minimum atomic E-state index is -0.0979. The van der Waals surface area contributed by atoms with Gasteiger partial charge in [-0.25, -0.2) is 4.39 Å². The predicted molar refractivity (Wildman–Crippen MR) is 79.7 cm³/mol. The Balaban J connectivity index is 2.32. The standard InChI is InChI=1S/C15H24FNS/c1-3-15(13-9-5-6-10-14(13)16)17-11-7-4-8-12-18-2/h5-6,9-10,15,17H,3-4,7-8,11-12H2,1-2H3. The highest BCUT2D eigenvalue weighted by atomic mass is 32.2. The zero-order valence-corrected chi connectivity index (χ0v) is 12.2. The molecule has 0 aliphatic heterocycles. The minimum Gasteiger partial charge on any atom is -0.310 e. The summed E-state index contributed by atoms with van der Waals surface area (Å²) in [5, 5.41) is 3.46. The van der Waals surface area contributed by atoms with E-state index in [1.807, 2.05) is 23.9 Å². The van der Waals surface area contributed by atoms with Gasteiger partial charge in [-0.15, -0.1) is 0 Å². The predicted octanol–water partition coefficient (Wildman–Crippen LogP) is 4.40. The molecule has 3 heteroatoms. The Morgan fingerprint density at radius 2 is 2.00 bits per heavy atom. The molecule has 0 fully saturated rings. The zero-order chi connectivity index (χ0) is 13.2. The summed E-state index contributed by atoms with van der Waals surface area (Å²) in [7, 11) is 0. The third-order valence-electron chi connectivity index (χ3n) is 3.10. The Labute approximate surface area is 115 Å². The lowest BCUT2D eigenvalue weighted by molar-refractivity contribution is 0.478. The van der Waals surface area contributed by atoms with Gasteiger partial charge in [0, 0.05) is 11.6 Å². The molecule has 0 aliphatic rings. The highest BCUT2D eigenvalue weighted by Gasteiger charge is 2.11. The molecule has 1 N–H and O–H groups in total. The van der Waals surface area contributed by atoms with Crippen molar-refractivity contribution in [3.8, 4) is 0 Å². The van der Waals surface area contributed by atoms with E-state index in [2.05, 4.69) is 18.5 Å². The van der Waals surface area contributed by atoms with Gasteiger partial charge < -0.3 is 5.32 Å². The number of rotatable bonds is 9. The molecule has 0 saturated carbocycles. The van der Waals surface area contributed by atoms with Crippen LogP contribution in [0.2, 0.25) is 0 Å². The van der Waals surface area contributed by atoms with Gasteiger partial charge >= 0.3 is 0 Å². The van der Waals surface area contributed by atoms with E-state index in [1.54, 1.807) is 6.07 Å². The molecule has 0 aromatic heterocycles. The first-order valence-corrected chi connectivity index (χ1v) is 8.15. The second kappa shape index (κ2) is 9.40. The smallest absolute Gasteiger partial charge is 0.127 e. The van der Waals surface area contributed by atoms with Crippen molar-refractivity contribution in [1.82, 2.24) is 5.32 Å². The van der Waals surface area contributed by atoms with Gasteiger partial charge in [0.2, 0.25) is 0 Å². The van der Waals surface area contributed by atoms with Crippen LogP contribution >= 0.6 is 11.8 Å². The van der Waals surface area contributed by atoms with Crippen LogP contribution < -0.4 is 5.32 Å². The molecule has 18 heavy (non-hydrogen) atoms. The normalized spacial score (nSPS) is 12.6. The highest BCUT2D eigenvalue weighted by molar-refractivity contribution is 7.98. The van der Waals surface area contributed by atoms with E-state index in [1.165, 1.54) is 31.1 Å². The Morgan fingerprint density at radius 3 is 2.67 bits per heavy atom. The first-order chi connectivity index (χ1) is 8.79. The fourth-order valence-corrected chi connectivity index (χ4v) is 2.55. The second-order valence-electron chi connectivity index (χ2n) is 4.49. The molecule has 1 aromatic rings. The van der Waals surface area contributed by atoms with Crippen molar-refractivity contribution in [3.63, 3.8) is 0 Å². The van der Waals surface area contributed by atoms with E-state index in [0.29, 0.717) is 0 Å². The number of thioether (sulfide) groups is 1. The molecule has 0 bridgehead atoms. The van der Waals surface area contributed by atoms with Crippen molar-refractivity contribution in [3.05, 3.63) is 35.6 Å². The van der Waals surface area contributed by atoms with Crippen molar-refractivity contribution < 1.29 is 4.39 Å². The number of benzene rings is 1. The number of hydrogen-bond acceptors (Lipinski definition) is 2. The van der Waals surface area contributed by atoms with Crippen LogP contribution in [0.1, 0.15) is 44.2 Å². The minimum absolute atomic E-state index is 0.0979. The lowest BCUT2D eigenvalue weighted by atomic mass is 10.0. The summed E-state index contributed by atoms with van der Waals surface area (Å²) >= 11 is 1.90. The Kier molecular flexibility index (Phi) is 8.10. The average Bonchev–Trinajstić information content (AvgIpc) is 2.39. The third kappa shape index (κ3) is 5.40. The summed E-state index contributed by atoms with van der Waals surface area (Å²) in [5.74, 6) is 1.14. The van der Waals surface area contributed by atoms with Crippen LogP contribution in [0.4, 0.5) is 4.39 Å². The molecule has 0 aliphatic carbocycles. The fraction of sp³-hybridized carbons (Fsp3) is 0.600. The molecule has 0 amide bonds. The maximum Gasteiger partial charge on any atom is 0.127 e. The molecule has 0 saturated heterocycles. The molecule has 1 unspecified atom stereocenters. The van der Waals surface area contributed by atoms with E-state index in [0.717, 1.165) is 18.5 Å². The van der Waals surface area contributed by atoms with E-state index >= 15 is 0 Å². The van der Waals surface area contributed by atoms with Crippen LogP contribution in [0.15, 0.2) is 24.3 Å². The van der Waals surface area contributed by atoms with Crippen molar-refractivity contribution in [1.29, 1.82) is 0 Å². The van der Waals surface area contributed by atoms with Gasteiger partial charge in [0.05, 0.1) is 0 Å². The van der Waals surface area contributed by atoms with Gasteiger partial charge in [0.25, 0.3) is 0 Å². The molecule has 0 spiro atoms. The fourth-order valence-electron chi connectivity index (χ4n) is 2.06. The molecule has 1 nitrogen and oxygen atoms in total. The van der Waals surface area contributed by atoms with E-state index in [9.17, 15) is 4.39 Å². The Bertz CT molecular complexity index is 330. The monoisotopic (exact) mass is 269 g/mol. The lowest BCUT2D eigenvalue weighted by Gasteiger charge is -2.18. The first-order valence-electron chi connectivity index (χ1n) is 6.76. The van der Waals surface area contributed by atoms with Crippen molar-refractivity contribution in [2.75, 3.05) is 18.6 Å². The van der Waals surface area contributed by atoms with Crippen LogP contribution in [0.3, 0.4) is 0 Å². The summed E-state index contributed by atoms with van der Waals surface area (Å²) in [6, 6.07) is 7.21. The molecule has 1 atom stereocenters. The van der Waals surface area contributed by atoms with Crippen molar-refractivity contribution in [2.45, 2.75) is 38.6 Å². The molecule has 0 heterocycles. The largest absolute Gasteiger partial charge is 0.310 e. The molecule has 0 radical (unpaired) electrons. The van der Waals surface area contributed by atoms with Gasteiger partial charge in [0.1, 0.15) is 5.82 Å². The van der Waals surface area contributed by atoms with Gasteiger partial charge in [-0.05, 0) is 43.9 Å². The zero-order valence-electron chi connectivity index (χ0n) is 11.4. The van der Waals surface area contributed by atoms with Crippen LogP contribution in [0.25, 0.3) is 0 Å². The van der Waals surface area contributed by atoms with Crippen LogP contribution in [-0.4, -0.2) is 18.6 Å². The maximum absolute atomic E-state index is 13.7. The Morgan fingerprint density at radius 1 is 1.22 bits per heavy atom. The quantitative estimate of drug-likeness (QED) is 0.667. The topological polar surface area (TPSA) is 12.0 Å². The Hall–Kier alpha value is -0.540. The summed E-state index contributed by atoms with van der Waals surface area (Å²) in [6.07, 6.45) is 6.77. The first kappa shape index (κ1) is 15.5. The molecule has 1 aromatic carbocycles. The van der Waals surface area contributed by atoms with Crippen LogP contribution in [-0.2, 0) is 0 Å². The van der Waals surface area contributed by atoms with Gasteiger partial charge in [-0.1, -0.05) is 31.5 Å². The van der Waals surface area contributed by atoms with Crippen molar-refractivity contribution >= 4 is 11.8 Å². The van der Waals surface area contributed by atoms with Gasteiger partial charge in [-0.2, -0.15) is 11.8 Å².